The Kier molecular flexibility index (Phi) is 2.72. The number of aliphatic hydroxyl groups excluding tert-OH is 1. The van der Waals surface area contributed by atoms with Crippen LogP contribution >= 0.6 is 0 Å². The summed E-state index contributed by atoms with van der Waals surface area (Å²) in [5.74, 6) is -2.91. The van der Waals surface area contributed by atoms with Gasteiger partial charge in [-0.15, -0.1) is 0 Å². The van der Waals surface area contributed by atoms with Gasteiger partial charge in [0, 0.05) is 32.0 Å². The third kappa shape index (κ3) is 2.21. The molecule has 0 amide bonds. The Morgan fingerprint density at radius 3 is 2.79 bits per heavy atom. The Morgan fingerprint density at radius 1 is 1.50 bits per heavy atom. The molecule has 5 heteroatoms. The molecule has 2 rings (SSSR count). The zero-order valence-corrected chi connectivity index (χ0v) is 7.96. The summed E-state index contributed by atoms with van der Waals surface area (Å²) in [6, 6.07) is 0. The number of rotatable bonds is 3. The molecule has 1 saturated heterocycles. The molecule has 2 fully saturated rings. The minimum Gasteiger partial charge on any atom is -0.394 e. The van der Waals surface area contributed by atoms with E-state index in [1.165, 1.54) is 0 Å². The van der Waals surface area contributed by atoms with E-state index in [1.807, 2.05) is 4.90 Å². The van der Waals surface area contributed by atoms with Crippen LogP contribution in [-0.4, -0.2) is 54.9 Å². The molecule has 2 atom stereocenters. The number of ether oxygens (including phenoxy) is 1. The lowest BCUT2D eigenvalue weighted by Gasteiger charge is -2.31. The Labute approximate surface area is 81.6 Å². The van der Waals surface area contributed by atoms with Crippen LogP contribution in [0.15, 0.2) is 0 Å². The lowest BCUT2D eigenvalue weighted by Crippen LogP contribution is -2.45. The van der Waals surface area contributed by atoms with Crippen molar-refractivity contribution in [3.63, 3.8) is 0 Å². The highest BCUT2D eigenvalue weighted by molar-refractivity contribution is 4.97. The quantitative estimate of drug-likeness (QED) is 0.724. The molecule has 0 aromatic heterocycles. The van der Waals surface area contributed by atoms with E-state index < -0.39 is 11.8 Å². The summed E-state index contributed by atoms with van der Waals surface area (Å²) < 4.78 is 30.5. The van der Waals surface area contributed by atoms with Gasteiger partial charge in [-0.2, -0.15) is 0 Å². The zero-order valence-electron chi connectivity index (χ0n) is 7.96. The molecule has 0 radical (unpaired) electrons. The summed E-state index contributed by atoms with van der Waals surface area (Å²) in [5.41, 5.74) is 0. The fourth-order valence-electron chi connectivity index (χ4n) is 1.84. The van der Waals surface area contributed by atoms with Crippen LogP contribution < -0.4 is 0 Å². The standard InChI is InChI=1S/C9H15F2NO2/c10-9(11)3-7(9)4-12-1-2-14-8(5-12)6-13/h7-8,13H,1-6H2. The first-order chi connectivity index (χ1) is 6.62. The van der Waals surface area contributed by atoms with Crippen molar-refractivity contribution in [2.75, 3.05) is 32.8 Å². The SMILES string of the molecule is OCC1CN(CC2CC2(F)F)CCO1. The molecule has 1 N–H and O–H groups in total. The zero-order chi connectivity index (χ0) is 10.2. The molecule has 14 heavy (non-hydrogen) atoms. The van der Waals surface area contributed by atoms with Crippen LogP contribution in [0.1, 0.15) is 6.42 Å². The van der Waals surface area contributed by atoms with Crippen molar-refractivity contribution >= 4 is 0 Å². The molecule has 82 valence electrons. The van der Waals surface area contributed by atoms with Gasteiger partial charge in [0.1, 0.15) is 0 Å². The van der Waals surface area contributed by atoms with Gasteiger partial charge in [-0.1, -0.05) is 0 Å². The van der Waals surface area contributed by atoms with Gasteiger partial charge in [0.15, 0.2) is 0 Å². The monoisotopic (exact) mass is 207 g/mol. The van der Waals surface area contributed by atoms with Crippen LogP contribution in [0.3, 0.4) is 0 Å². The van der Waals surface area contributed by atoms with E-state index in [1.54, 1.807) is 0 Å². The lowest BCUT2D eigenvalue weighted by atomic mass is 10.2. The van der Waals surface area contributed by atoms with E-state index in [0.717, 1.165) is 0 Å². The minimum atomic E-state index is -2.44. The van der Waals surface area contributed by atoms with Crippen LogP contribution in [0.5, 0.6) is 0 Å². The predicted octanol–water partition coefficient (Wildman–Crippen LogP) is 0.335. The van der Waals surface area contributed by atoms with E-state index in [0.29, 0.717) is 26.2 Å². The fraction of sp³-hybridized carbons (Fsp3) is 1.00. The Hall–Kier alpha value is -0.260. The molecule has 0 aromatic carbocycles. The smallest absolute Gasteiger partial charge is 0.252 e. The average molecular weight is 207 g/mol. The first-order valence-electron chi connectivity index (χ1n) is 4.94. The molecule has 3 nitrogen and oxygen atoms in total. The Morgan fingerprint density at radius 2 is 2.21 bits per heavy atom. The van der Waals surface area contributed by atoms with Gasteiger partial charge in [-0.05, 0) is 0 Å². The number of alkyl halides is 2. The minimum absolute atomic E-state index is 0.0220. The van der Waals surface area contributed by atoms with Gasteiger partial charge in [-0.25, -0.2) is 8.78 Å². The van der Waals surface area contributed by atoms with Crippen molar-refractivity contribution in [1.29, 1.82) is 0 Å². The maximum Gasteiger partial charge on any atom is 0.252 e. The van der Waals surface area contributed by atoms with E-state index in [4.69, 9.17) is 9.84 Å². The van der Waals surface area contributed by atoms with Crippen molar-refractivity contribution in [2.24, 2.45) is 5.92 Å². The predicted molar refractivity (Wildman–Crippen MR) is 46.3 cm³/mol. The van der Waals surface area contributed by atoms with Crippen LogP contribution in [0, 0.1) is 5.92 Å². The van der Waals surface area contributed by atoms with E-state index in [2.05, 4.69) is 0 Å². The van der Waals surface area contributed by atoms with Gasteiger partial charge in [0.25, 0.3) is 5.92 Å². The number of hydrogen-bond donors (Lipinski definition) is 1. The molecular formula is C9H15F2NO2. The van der Waals surface area contributed by atoms with Crippen LogP contribution in [0.4, 0.5) is 8.78 Å². The summed E-state index contributed by atoms with van der Waals surface area (Å²) in [4.78, 5) is 1.95. The number of morpholine rings is 1. The third-order valence-electron chi connectivity index (χ3n) is 2.86. The third-order valence-corrected chi connectivity index (χ3v) is 2.86. The average Bonchev–Trinajstić information content (AvgIpc) is 2.74. The summed E-state index contributed by atoms with van der Waals surface area (Å²) >= 11 is 0. The second kappa shape index (κ2) is 3.72. The molecule has 0 spiro atoms. The van der Waals surface area contributed by atoms with Crippen molar-refractivity contribution in [3.8, 4) is 0 Å². The van der Waals surface area contributed by atoms with Gasteiger partial charge >= 0.3 is 0 Å². The molecule has 0 bridgehead atoms. The molecule has 1 aliphatic heterocycles. The van der Waals surface area contributed by atoms with Gasteiger partial charge in [-0.3, -0.25) is 4.90 Å². The van der Waals surface area contributed by atoms with Crippen molar-refractivity contribution in [1.82, 2.24) is 4.90 Å². The highest BCUT2D eigenvalue weighted by atomic mass is 19.3. The number of nitrogens with zero attached hydrogens (tertiary/aromatic N) is 1. The molecule has 0 aromatic rings. The Balaban J connectivity index is 1.76. The topological polar surface area (TPSA) is 32.7 Å². The number of hydrogen-bond acceptors (Lipinski definition) is 3. The van der Waals surface area contributed by atoms with Crippen molar-refractivity contribution in [2.45, 2.75) is 18.4 Å². The molecule has 2 unspecified atom stereocenters. The second-order valence-corrected chi connectivity index (χ2v) is 4.10. The number of aliphatic hydroxyl groups is 1. The summed E-state index contributed by atoms with van der Waals surface area (Å²) in [5, 5.41) is 8.86. The van der Waals surface area contributed by atoms with E-state index in [9.17, 15) is 8.78 Å². The van der Waals surface area contributed by atoms with Crippen LogP contribution in [0.25, 0.3) is 0 Å². The first-order valence-corrected chi connectivity index (χ1v) is 4.94. The van der Waals surface area contributed by atoms with Crippen molar-refractivity contribution in [3.05, 3.63) is 0 Å². The fourth-order valence-corrected chi connectivity index (χ4v) is 1.84. The summed E-state index contributed by atoms with van der Waals surface area (Å²) in [6.45, 7) is 2.21. The van der Waals surface area contributed by atoms with Crippen molar-refractivity contribution < 1.29 is 18.6 Å². The van der Waals surface area contributed by atoms with Gasteiger partial charge in [0.2, 0.25) is 0 Å². The highest BCUT2D eigenvalue weighted by Crippen LogP contribution is 2.48. The number of halogens is 2. The van der Waals surface area contributed by atoms with Crippen LogP contribution in [0.2, 0.25) is 0 Å². The lowest BCUT2D eigenvalue weighted by molar-refractivity contribution is -0.0565. The molecule has 1 heterocycles. The summed E-state index contributed by atoms with van der Waals surface area (Å²) in [7, 11) is 0. The summed E-state index contributed by atoms with van der Waals surface area (Å²) in [6.07, 6.45) is -0.176. The molecule has 2 aliphatic rings. The van der Waals surface area contributed by atoms with E-state index in [-0.39, 0.29) is 19.1 Å². The largest absolute Gasteiger partial charge is 0.394 e. The van der Waals surface area contributed by atoms with Gasteiger partial charge in [0.05, 0.1) is 19.3 Å². The molecular weight excluding hydrogens is 192 g/mol. The molecule has 1 aliphatic carbocycles. The first kappa shape index (κ1) is 10.3. The maximum absolute atomic E-state index is 12.6. The highest BCUT2D eigenvalue weighted by Gasteiger charge is 2.57. The normalized spacial score (nSPS) is 37.1. The van der Waals surface area contributed by atoms with Gasteiger partial charge < -0.3 is 9.84 Å². The molecule has 1 saturated carbocycles. The van der Waals surface area contributed by atoms with E-state index >= 15 is 0 Å². The maximum atomic E-state index is 12.6. The Bertz CT molecular complexity index is 213. The second-order valence-electron chi connectivity index (χ2n) is 4.10. The van der Waals surface area contributed by atoms with Crippen LogP contribution in [-0.2, 0) is 4.74 Å².